The Bertz CT molecular complexity index is 1100. The molecule has 0 atom stereocenters. The number of nitrogens with zero attached hydrogens (tertiary/aromatic N) is 3. The summed E-state index contributed by atoms with van der Waals surface area (Å²) in [7, 11) is 3.99. The third-order valence-electron chi connectivity index (χ3n) is 4.43. The van der Waals surface area contributed by atoms with Crippen LogP contribution in [0.1, 0.15) is 27.0 Å². The van der Waals surface area contributed by atoms with Crippen molar-refractivity contribution in [1.29, 1.82) is 0 Å². The SMILES string of the molecule is Cc1ccc(C(=O)Nc2ccc(OCCN(C)C)cc2)cc1C#Cc1cnc(N)nc1. The van der Waals surface area contributed by atoms with Crippen molar-refractivity contribution in [3.8, 4) is 17.6 Å². The number of amides is 1. The number of carbonyl (C=O) groups excluding carboxylic acids is 1. The number of ether oxygens (including phenoxy) is 1. The largest absolute Gasteiger partial charge is 0.492 e. The molecule has 0 saturated carbocycles. The molecule has 0 radical (unpaired) electrons. The zero-order chi connectivity index (χ0) is 22.2. The number of anilines is 2. The fourth-order valence-electron chi connectivity index (χ4n) is 2.62. The standard InChI is InChI=1S/C24H25N5O2/c1-17-4-6-20(14-19(17)7-5-18-15-26-24(25)27-16-18)23(30)28-21-8-10-22(11-9-21)31-13-12-29(2)3/h4,6,8-11,14-16H,12-13H2,1-3H3,(H,28,30)(H2,25,26,27). The van der Waals surface area contributed by atoms with Crippen LogP contribution in [0.4, 0.5) is 11.6 Å². The molecule has 3 N–H and O–H groups in total. The first kappa shape index (κ1) is 21.8. The van der Waals surface area contributed by atoms with Gasteiger partial charge in [0, 0.05) is 35.8 Å². The second-order valence-electron chi connectivity index (χ2n) is 7.24. The van der Waals surface area contributed by atoms with Crippen molar-refractivity contribution < 1.29 is 9.53 Å². The summed E-state index contributed by atoms with van der Waals surface area (Å²) in [4.78, 5) is 22.6. The minimum absolute atomic E-state index is 0.202. The highest BCUT2D eigenvalue weighted by molar-refractivity contribution is 6.04. The zero-order valence-electron chi connectivity index (χ0n) is 17.8. The van der Waals surface area contributed by atoms with Gasteiger partial charge in [0.25, 0.3) is 5.91 Å². The molecule has 0 aliphatic carbocycles. The number of rotatable bonds is 6. The molecule has 0 unspecified atom stereocenters. The second kappa shape index (κ2) is 10.2. The summed E-state index contributed by atoms with van der Waals surface area (Å²) >= 11 is 0. The smallest absolute Gasteiger partial charge is 0.255 e. The normalized spacial score (nSPS) is 10.3. The molecule has 1 aromatic heterocycles. The quantitative estimate of drug-likeness (QED) is 0.601. The Kier molecular flexibility index (Phi) is 7.20. The summed E-state index contributed by atoms with van der Waals surface area (Å²) in [6.07, 6.45) is 3.13. The van der Waals surface area contributed by atoms with Gasteiger partial charge >= 0.3 is 0 Å². The Morgan fingerprint density at radius 2 is 1.81 bits per heavy atom. The lowest BCUT2D eigenvalue weighted by atomic mass is 10.0. The van der Waals surface area contributed by atoms with E-state index in [1.54, 1.807) is 24.5 Å². The maximum atomic E-state index is 12.7. The number of hydrogen-bond donors (Lipinski definition) is 2. The lowest BCUT2D eigenvalue weighted by molar-refractivity contribution is 0.102. The first-order valence-corrected chi connectivity index (χ1v) is 9.80. The zero-order valence-corrected chi connectivity index (χ0v) is 17.8. The summed E-state index contributed by atoms with van der Waals surface area (Å²) in [6, 6.07) is 12.7. The summed E-state index contributed by atoms with van der Waals surface area (Å²) in [5.41, 5.74) is 9.09. The molecule has 0 aliphatic rings. The van der Waals surface area contributed by atoms with Gasteiger partial charge < -0.3 is 20.7 Å². The monoisotopic (exact) mass is 415 g/mol. The van der Waals surface area contributed by atoms with Crippen molar-refractivity contribution in [2.45, 2.75) is 6.92 Å². The van der Waals surface area contributed by atoms with Crippen LogP contribution in [0.25, 0.3) is 0 Å². The Hall–Kier alpha value is -3.89. The number of benzene rings is 2. The third kappa shape index (κ3) is 6.56. The van der Waals surface area contributed by atoms with Gasteiger partial charge in [-0.3, -0.25) is 4.79 Å². The van der Waals surface area contributed by atoms with Crippen molar-refractivity contribution in [3.63, 3.8) is 0 Å². The lowest BCUT2D eigenvalue weighted by Crippen LogP contribution is -2.19. The van der Waals surface area contributed by atoms with E-state index in [0.717, 1.165) is 23.4 Å². The second-order valence-corrected chi connectivity index (χ2v) is 7.24. The average Bonchev–Trinajstić information content (AvgIpc) is 2.75. The molecule has 7 heteroatoms. The van der Waals surface area contributed by atoms with Gasteiger partial charge in [0.05, 0.1) is 5.56 Å². The molecule has 1 heterocycles. The van der Waals surface area contributed by atoms with E-state index in [9.17, 15) is 4.79 Å². The molecule has 0 spiro atoms. The molecule has 0 saturated heterocycles. The number of carbonyl (C=O) groups is 1. The van der Waals surface area contributed by atoms with Crippen LogP contribution < -0.4 is 15.8 Å². The molecule has 1 amide bonds. The predicted octanol–water partition coefficient (Wildman–Crippen LogP) is 2.96. The average molecular weight is 415 g/mol. The molecule has 3 rings (SSSR count). The Morgan fingerprint density at radius 3 is 2.48 bits per heavy atom. The van der Waals surface area contributed by atoms with E-state index in [1.165, 1.54) is 0 Å². The number of aryl methyl sites for hydroxylation is 1. The maximum absolute atomic E-state index is 12.7. The first-order chi connectivity index (χ1) is 14.9. The Morgan fingerprint density at radius 1 is 1.10 bits per heavy atom. The van der Waals surface area contributed by atoms with Gasteiger partial charge in [-0.1, -0.05) is 17.9 Å². The van der Waals surface area contributed by atoms with Crippen molar-refractivity contribution in [2.75, 3.05) is 38.3 Å². The van der Waals surface area contributed by atoms with Crippen molar-refractivity contribution in [3.05, 3.63) is 77.1 Å². The van der Waals surface area contributed by atoms with Gasteiger partial charge in [0.15, 0.2) is 0 Å². The van der Waals surface area contributed by atoms with Gasteiger partial charge in [0.2, 0.25) is 5.95 Å². The fourth-order valence-corrected chi connectivity index (χ4v) is 2.62. The molecular formula is C24H25N5O2. The molecule has 158 valence electrons. The Labute approximate surface area is 182 Å². The highest BCUT2D eigenvalue weighted by Gasteiger charge is 2.08. The first-order valence-electron chi connectivity index (χ1n) is 9.80. The van der Waals surface area contributed by atoms with Gasteiger partial charge in [-0.25, -0.2) is 9.97 Å². The predicted molar refractivity (Wildman–Crippen MR) is 122 cm³/mol. The summed E-state index contributed by atoms with van der Waals surface area (Å²) < 4.78 is 5.67. The highest BCUT2D eigenvalue weighted by atomic mass is 16.5. The van der Waals surface area contributed by atoms with Gasteiger partial charge in [0.1, 0.15) is 12.4 Å². The van der Waals surface area contributed by atoms with Crippen LogP contribution in [-0.4, -0.2) is 48.0 Å². The fraction of sp³-hybridized carbons (Fsp3) is 0.208. The Balaban J connectivity index is 1.67. The number of nitrogen functional groups attached to an aromatic ring is 1. The minimum atomic E-state index is -0.208. The summed E-state index contributed by atoms with van der Waals surface area (Å²) in [6.45, 7) is 3.39. The lowest BCUT2D eigenvalue weighted by Gasteiger charge is -2.11. The van der Waals surface area contributed by atoms with Crippen molar-refractivity contribution >= 4 is 17.5 Å². The van der Waals surface area contributed by atoms with Crippen LogP contribution in [0.2, 0.25) is 0 Å². The van der Waals surface area contributed by atoms with E-state index < -0.39 is 0 Å². The third-order valence-corrected chi connectivity index (χ3v) is 4.43. The van der Waals surface area contributed by atoms with Crippen LogP contribution in [-0.2, 0) is 0 Å². The molecular weight excluding hydrogens is 390 g/mol. The van der Waals surface area contributed by atoms with Crippen LogP contribution in [0.3, 0.4) is 0 Å². The number of nitrogens with two attached hydrogens (primary N) is 1. The van der Waals surface area contributed by atoms with E-state index in [4.69, 9.17) is 10.5 Å². The van der Waals surface area contributed by atoms with Crippen LogP contribution in [0, 0.1) is 18.8 Å². The van der Waals surface area contributed by atoms with Gasteiger partial charge in [-0.05, 0) is 63.0 Å². The van der Waals surface area contributed by atoms with Gasteiger partial charge in [-0.2, -0.15) is 0 Å². The number of hydrogen-bond acceptors (Lipinski definition) is 6. The molecule has 3 aromatic rings. The number of nitrogens with one attached hydrogen (secondary N) is 1. The highest BCUT2D eigenvalue weighted by Crippen LogP contribution is 2.17. The van der Waals surface area contributed by atoms with Crippen LogP contribution in [0.15, 0.2) is 54.9 Å². The molecule has 2 aromatic carbocycles. The van der Waals surface area contributed by atoms with E-state index >= 15 is 0 Å². The van der Waals surface area contributed by atoms with E-state index in [-0.39, 0.29) is 11.9 Å². The molecule has 0 aliphatic heterocycles. The van der Waals surface area contributed by atoms with E-state index in [1.807, 2.05) is 51.4 Å². The van der Waals surface area contributed by atoms with Crippen molar-refractivity contribution in [1.82, 2.24) is 14.9 Å². The van der Waals surface area contributed by atoms with E-state index in [2.05, 4.69) is 32.0 Å². The van der Waals surface area contributed by atoms with Crippen LogP contribution in [0.5, 0.6) is 5.75 Å². The van der Waals surface area contributed by atoms with Crippen molar-refractivity contribution in [2.24, 2.45) is 0 Å². The molecule has 7 nitrogen and oxygen atoms in total. The molecule has 31 heavy (non-hydrogen) atoms. The van der Waals surface area contributed by atoms with Crippen LogP contribution >= 0.6 is 0 Å². The number of aromatic nitrogens is 2. The van der Waals surface area contributed by atoms with Gasteiger partial charge in [-0.15, -0.1) is 0 Å². The molecule has 0 fully saturated rings. The minimum Gasteiger partial charge on any atom is -0.492 e. The van der Waals surface area contributed by atoms with E-state index in [0.29, 0.717) is 23.4 Å². The summed E-state index contributed by atoms with van der Waals surface area (Å²) in [5, 5.41) is 2.90. The maximum Gasteiger partial charge on any atom is 0.255 e. The summed E-state index contributed by atoms with van der Waals surface area (Å²) in [5.74, 6) is 6.82. The molecule has 0 bridgehead atoms. The topological polar surface area (TPSA) is 93.4 Å². The number of likely N-dealkylation sites (N-methyl/N-ethyl adjacent to an activating group) is 1.